The lowest BCUT2D eigenvalue weighted by Gasteiger charge is -2.38. The Labute approximate surface area is 187 Å². The van der Waals surface area contributed by atoms with E-state index in [-0.39, 0.29) is 18.0 Å². The number of pyridine rings is 2. The van der Waals surface area contributed by atoms with Crippen molar-refractivity contribution < 1.29 is 0 Å². The molecule has 158 valence electrons. The van der Waals surface area contributed by atoms with Crippen molar-refractivity contribution in [2.24, 2.45) is 0 Å². The van der Waals surface area contributed by atoms with Crippen molar-refractivity contribution in [3.63, 3.8) is 0 Å². The fourth-order valence-electron chi connectivity index (χ4n) is 4.56. The number of benzene rings is 1. The van der Waals surface area contributed by atoms with Crippen LogP contribution in [-0.4, -0.2) is 47.1 Å². The Morgan fingerprint density at radius 2 is 1.87 bits per heavy atom. The molecule has 1 fully saturated rings. The van der Waals surface area contributed by atoms with E-state index in [1.54, 1.807) is 18.5 Å². The number of hydrogen-bond donors (Lipinski definition) is 1. The molecule has 1 aliphatic heterocycles. The van der Waals surface area contributed by atoms with Gasteiger partial charge in [0.25, 0.3) is 5.56 Å². The first-order valence-electron chi connectivity index (χ1n) is 10.4. The highest BCUT2D eigenvalue weighted by molar-refractivity contribution is 5.85. The molecule has 0 saturated carbocycles. The Balaban J connectivity index is 0.00000231. The molecule has 2 aliphatic rings. The van der Waals surface area contributed by atoms with Crippen LogP contribution < -0.4 is 10.5 Å². The number of hydrogen-bond acceptors (Lipinski definition) is 5. The summed E-state index contributed by atoms with van der Waals surface area (Å²) in [5.74, 6) is 0. The van der Waals surface area contributed by atoms with Crippen LogP contribution in [0.5, 0.6) is 0 Å². The number of H-pyrrole nitrogens is 1. The van der Waals surface area contributed by atoms with Gasteiger partial charge in [-0.1, -0.05) is 6.08 Å². The molecule has 0 spiro atoms. The topological polar surface area (TPSA) is 76.0 Å². The van der Waals surface area contributed by atoms with Crippen LogP contribution in [0.4, 0.5) is 5.69 Å². The number of fused-ring (bicyclic) bond motifs is 1. The second-order valence-electron chi connectivity index (χ2n) is 7.95. The summed E-state index contributed by atoms with van der Waals surface area (Å²) in [6.45, 7) is 3.97. The SMILES string of the molecule is Cl.N#Cc1ccc(N2CCN([C@H]3C=C(c4cc5cnccc5c(=O)[nH]4)CC3)CC2)cc1. The second kappa shape index (κ2) is 8.93. The number of nitrogens with zero attached hydrogens (tertiary/aromatic N) is 4. The molecule has 3 aromatic rings. The molecule has 7 heteroatoms. The Morgan fingerprint density at radius 1 is 1.10 bits per heavy atom. The summed E-state index contributed by atoms with van der Waals surface area (Å²) in [6.07, 6.45) is 7.79. The number of anilines is 1. The molecular formula is C24H24ClN5O. The molecule has 0 bridgehead atoms. The van der Waals surface area contributed by atoms with Gasteiger partial charge in [-0.05, 0) is 54.8 Å². The molecule has 0 radical (unpaired) electrons. The predicted molar refractivity (Wildman–Crippen MR) is 126 cm³/mol. The third-order valence-corrected chi connectivity index (χ3v) is 6.24. The minimum Gasteiger partial charge on any atom is -0.369 e. The molecule has 1 saturated heterocycles. The van der Waals surface area contributed by atoms with Crippen LogP contribution in [-0.2, 0) is 0 Å². The minimum atomic E-state index is -0.0507. The molecule has 1 atom stereocenters. The number of halogens is 1. The zero-order valence-electron chi connectivity index (χ0n) is 17.1. The number of aromatic amines is 1. The Morgan fingerprint density at radius 3 is 2.61 bits per heavy atom. The number of rotatable bonds is 3. The van der Waals surface area contributed by atoms with Crippen LogP contribution in [0.15, 0.2) is 59.7 Å². The first kappa shape index (κ1) is 21.1. The van der Waals surface area contributed by atoms with Crippen LogP contribution >= 0.6 is 12.4 Å². The van der Waals surface area contributed by atoms with E-state index in [0.717, 1.165) is 50.1 Å². The number of nitriles is 1. The quantitative estimate of drug-likeness (QED) is 0.683. The average Bonchev–Trinajstić information content (AvgIpc) is 3.30. The van der Waals surface area contributed by atoms with Gasteiger partial charge in [-0.15, -0.1) is 12.4 Å². The van der Waals surface area contributed by atoms with E-state index < -0.39 is 0 Å². The third-order valence-electron chi connectivity index (χ3n) is 6.24. The molecule has 2 aromatic heterocycles. The van der Waals surface area contributed by atoms with Gasteiger partial charge in [0.15, 0.2) is 0 Å². The smallest absolute Gasteiger partial charge is 0.256 e. The largest absolute Gasteiger partial charge is 0.369 e. The van der Waals surface area contributed by atoms with E-state index >= 15 is 0 Å². The van der Waals surface area contributed by atoms with Gasteiger partial charge in [-0.25, -0.2) is 0 Å². The minimum absolute atomic E-state index is 0. The Kier molecular flexibility index (Phi) is 6.08. The van der Waals surface area contributed by atoms with Gasteiger partial charge in [-0.2, -0.15) is 5.26 Å². The summed E-state index contributed by atoms with van der Waals surface area (Å²) >= 11 is 0. The predicted octanol–water partition coefficient (Wildman–Crippen LogP) is 3.58. The van der Waals surface area contributed by atoms with Gasteiger partial charge in [0.2, 0.25) is 0 Å². The van der Waals surface area contributed by atoms with Crippen molar-refractivity contribution in [1.82, 2.24) is 14.9 Å². The van der Waals surface area contributed by atoms with E-state index in [9.17, 15) is 4.79 Å². The molecule has 3 heterocycles. The van der Waals surface area contributed by atoms with Gasteiger partial charge < -0.3 is 9.88 Å². The van der Waals surface area contributed by atoms with Crippen LogP contribution in [0.3, 0.4) is 0 Å². The monoisotopic (exact) mass is 433 g/mol. The fraction of sp³-hybridized carbons (Fsp3) is 0.292. The van der Waals surface area contributed by atoms with E-state index in [1.807, 2.05) is 30.3 Å². The van der Waals surface area contributed by atoms with Gasteiger partial charge in [-0.3, -0.25) is 14.7 Å². The van der Waals surface area contributed by atoms with E-state index in [2.05, 4.69) is 31.9 Å². The second-order valence-corrected chi connectivity index (χ2v) is 7.95. The summed E-state index contributed by atoms with van der Waals surface area (Å²) in [7, 11) is 0. The highest BCUT2D eigenvalue weighted by Crippen LogP contribution is 2.31. The molecule has 0 amide bonds. The van der Waals surface area contributed by atoms with Gasteiger partial charge in [0.1, 0.15) is 0 Å². The van der Waals surface area contributed by atoms with Gasteiger partial charge >= 0.3 is 0 Å². The number of allylic oxidation sites excluding steroid dienone is 1. The summed E-state index contributed by atoms with van der Waals surface area (Å²) in [5.41, 5.74) is 3.96. The van der Waals surface area contributed by atoms with Gasteiger partial charge in [0.05, 0.1) is 17.0 Å². The van der Waals surface area contributed by atoms with Crippen LogP contribution in [0.25, 0.3) is 16.3 Å². The molecule has 0 unspecified atom stereocenters. The fourth-order valence-corrected chi connectivity index (χ4v) is 4.56. The van der Waals surface area contributed by atoms with Gasteiger partial charge in [0, 0.05) is 61.4 Å². The standard InChI is InChI=1S/C24H23N5O.ClH/c25-15-17-1-4-20(5-2-17)28-9-11-29(12-10-28)21-6-3-18(13-21)23-14-19-16-26-8-7-22(19)24(30)27-23;/h1-2,4-5,7-8,13-14,16,21H,3,6,9-12H2,(H,27,30);1H/t21-;/m1./s1. The summed E-state index contributed by atoms with van der Waals surface area (Å²) < 4.78 is 0. The highest BCUT2D eigenvalue weighted by atomic mass is 35.5. The maximum absolute atomic E-state index is 12.4. The van der Waals surface area contributed by atoms with Crippen molar-refractivity contribution >= 4 is 34.4 Å². The summed E-state index contributed by atoms with van der Waals surface area (Å²) in [5, 5.41) is 10.5. The molecule has 1 aliphatic carbocycles. The maximum atomic E-state index is 12.4. The summed E-state index contributed by atoms with van der Waals surface area (Å²) in [6, 6.07) is 14.2. The molecule has 1 N–H and O–H groups in total. The number of nitrogens with one attached hydrogen (secondary N) is 1. The maximum Gasteiger partial charge on any atom is 0.256 e. The molecule has 31 heavy (non-hydrogen) atoms. The van der Waals surface area contributed by atoms with Crippen LogP contribution in [0, 0.1) is 11.3 Å². The van der Waals surface area contributed by atoms with Crippen LogP contribution in [0.2, 0.25) is 0 Å². The zero-order valence-corrected chi connectivity index (χ0v) is 17.9. The van der Waals surface area contributed by atoms with Crippen molar-refractivity contribution in [2.45, 2.75) is 18.9 Å². The Hall–Kier alpha value is -3.14. The van der Waals surface area contributed by atoms with Crippen molar-refractivity contribution in [3.8, 4) is 6.07 Å². The summed E-state index contributed by atoms with van der Waals surface area (Å²) in [4.78, 5) is 24.5. The van der Waals surface area contributed by atoms with E-state index in [4.69, 9.17) is 5.26 Å². The van der Waals surface area contributed by atoms with E-state index in [0.29, 0.717) is 17.0 Å². The number of aromatic nitrogens is 2. The highest BCUT2D eigenvalue weighted by Gasteiger charge is 2.27. The third kappa shape index (κ3) is 4.20. The normalized spacial score (nSPS) is 19.0. The first-order chi connectivity index (χ1) is 14.7. The lowest BCUT2D eigenvalue weighted by atomic mass is 10.1. The molecule has 6 nitrogen and oxygen atoms in total. The molecular weight excluding hydrogens is 410 g/mol. The Bertz CT molecular complexity index is 1200. The molecule has 5 rings (SSSR count). The number of piperazine rings is 1. The van der Waals surface area contributed by atoms with Crippen LogP contribution in [0.1, 0.15) is 24.1 Å². The lowest BCUT2D eigenvalue weighted by molar-refractivity contribution is 0.214. The first-order valence-corrected chi connectivity index (χ1v) is 10.4. The molecule has 1 aromatic carbocycles. The van der Waals surface area contributed by atoms with Crippen molar-refractivity contribution in [2.75, 3.05) is 31.1 Å². The van der Waals surface area contributed by atoms with Crippen molar-refractivity contribution in [3.05, 3.63) is 76.5 Å². The zero-order chi connectivity index (χ0) is 20.5. The van der Waals surface area contributed by atoms with E-state index in [1.165, 1.54) is 11.3 Å². The lowest BCUT2D eigenvalue weighted by Crippen LogP contribution is -2.49. The van der Waals surface area contributed by atoms with Crippen molar-refractivity contribution in [1.29, 1.82) is 5.26 Å². The average molecular weight is 434 g/mol.